The maximum atomic E-state index is 4.49. The molecule has 1 heterocycles. The molecular weight excluding hydrogens is 190 g/mol. The summed E-state index contributed by atoms with van der Waals surface area (Å²) >= 11 is 1.75. The fourth-order valence-electron chi connectivity index (χ4n) is 1.18. The van der Waals surface area contributed by atoms with Crippen LogP contribution in [0, 0.1) is 6.92 Å². The number of aromatic nitrogens is 1. The van der Waals surface area contributed by atoms with Crippen LogP contribution in [0.2, 0.25) is 0 Å². The third-order valence-electron chi connectivity index (χ3n) is 1.72. The van der Waals surface area contributed by atoms with Gasteiger partial charge in [-0.1, -0.05) is 18.6 Å². The molecule has 0 saturated heterocycles. The molecular formula is C12H17NS. The third kappa shape index (κ3) is 3.11. The molecule has 0 radical (unpaired) electrons. The molecule has 0 atom stereocenters. The van der Waals surface area contributed by atoms with E-state index < -0.39 is 0 Å². The molecule has 0 fully saturated rings. The molecule has 2 heteroatoms. The summed E-state index contributed by atoms with van der Waals surface area (Å²) in [7, 11) is 0. The predicted octanol–water partition coefficient (Wildman–Crippen LogP) is 4.30. The zero-order chi connectivity index (χ0) is 10.6. The first-order valence-electron chi connectivity index (χ1n) is 4.92. The van der Waals surface area contributed by atoms with Crippen LogP contribution < -0.4 is 0 Å². The van der Waals surface area contributed by atoms with Crippen molar-refractivity contribution in [3.8, 4) is 0 Å². The van der Waals surface area contributed by atoms with Gasteiger partial charge in [0, 0.05) is 0 Å². The number of hydrogen-bond donors (Lipinski definition) is 0. The van der Waals surface area contributed by atoms with Gasteiger partial charge in [-0.3, -0.25) is 0 Å². The fraction of sp³-hybridized carbons (Fsp3) is 0.417. The highest BCUT2D eigenvalue weighted by atomic mass is 32.1. The lowest BCUT2D eigenvalue weighted by Gasteiger charge is -1.91. The second-order valence-electron chi connectivity index (χ2n) is 3.51. The predicted molar refractivity (Wildman–Crippen MR) is 65.5 cm³/mol. The summed E-state index contributed by atoms with van der Waals surface area (Å²) < 4.78 is 0. The minimum absolute atomic E-state index is 1.07. The van der Waals surface area contributed by atoms with Gasteiger partial charge in [0.15, 0.2) is 0 Å². The van der Waals surface area contributed by atoms with Crippen LogP contribution in [0.4, 0.5) is 0 Å². The minimum Gasteiger partial charge on any atom is -0.242 e. The first-order valence-corrected chi connectivity index (χ1v) is 5.74. The van der Waals surface area contributed by atoms with Gasteiger partial charge < -0.3 is 0 Å². The highest BCUT2D eigenvalue weighted by molar-refractivity contribution is 7.12. The van der Waals surface area contributed by atoms with Crippen molar-refractivity contribution in [3.63, 3.8) is 0 Å². The Morgan fingerprint density at radius 1 is 1.43 bits per heavy atom. The van der Waals surface area contributed by atoms with E-state index in [1.165, 1.54) is 10.5 Å². The van der Waals surface area contributed by atoms with E-state index in [9.17, 15) is 0 Å². The Labute approximate surface area is 90.2 Å². The second-order valence-corrected chi connectivity index (χ2v) is 4.75. The molecule has 1 aromatic rings. The van der Waals surface area contributed by atoms with Crippen molar-refractivity contribution in [2.24, 2.45) is 0 Å². The second kappa shape index (κ2) is 5.11. The Hall–Kier alpha value is -0.890. The molecule has 1 nitrogen and oxygen atoms in total. The topological polar surface area (TPSA) is 12.9 Å². The lowest BCUT2D eigenvalue weighted by atomic mass is 10.2. The lowest BCUT2D eigenvalue weighted by molar-refractivity contribution is 1.23. The molecule has 0 aliphatic rings. The first kappa shape index (κ1) is 11.2. The number of nitrogens with zero attached hydrogens (tertiary/aromatic N) is 1. The van der Waals surface area contributed by atoms with Crippen molar-refractivity contribution < 1.29 is 0 Å². The number of aryl methyl sites for hydroxylation is 1. The first-order chi connectivity index (χ1) is 6.63. The Kier molecular flexibility index (Phi) is 4.08. The Bertz CT molecular complexity index is 354. The summed E-state index contributed by atoms with van der Waals surface area (Å²) in [5, 5.41) is 1.13. The molecule has 1 aromatic heterocycles. The fourth-order valence-corrected chi connectivity index (χ4v) is 2.02. The van der Waals surface area contributed by atoms with Crippen LogP contribution in [0.1, 0.15) is 42.8 Å². The highest BCUT2D eigenvalue weighted by Gasteiger charge is 2.02. The van der Waals surface area contributed by atoms with E-state index in [-0.39, 0.29) is 0 Å². The molecule has 0 aliphatic heterocycles. The summed E-state index contributed by atoms with van der Waals surface area (Å²) in [6.07, 6.45) is 7.55. The molecule has 0 bridgehead atoms. The molecule has 0 aromatic carbocycles. The van der Waals surface area contributed by atoms with E-state index in [1.807, 2.05) is 0 Å². The van der Waals surface area contributed by atoms with Crippen LogP contribution in [0.15, 0.2) is 11.6 Å². The van der Waals surface area contributed by atoms with E-state index >= 15 is 0 Å². The Balaban J connectivity index is 3.03. The molecule has 0 unspecified atom stereocenters. The van der Waals surface area contributed by atoms with E-state index in [0.29, 0.717) is 0 Å². The monoisotopic (exact) mass is 207 g/mol. The van der Waals surface area contributed by atoms with Crippen molar-refractivity contribution in [1.82, 2.24) is 4.98 Å². The summed E-state index contributed by atoms with van der Waals surface area (Å²) in [5.74, 6) is 0. The van der Waals surface area contributed by atoms with Crippen LogP contribution in [-0.2, 0) is 0 Å². The van der Waals surface area contributed by atoms with E-state index in [0.717, 1.165) is 17.1 Å². The van der Waals surface area contributed by atoms with Crippen molar-refractivity contribution >= 4 is 23.5 Å². The maximum absolute atomic E-state index is 4.49. The third-order valence-corrected chi connectivity index (χ3v) is 2.67. The lowest BCUT2D eigenvalue weighted by Crippen LogP contribution is -1.77. The van der Waals surface area contributed by atoms with Gasteiger partial charge in [0.05, 0.1) is 15.6 Å². The van der Waals surface area contributed by atoms with Crippen molar-refractivity contribution in [2.75, 3.05) is 0 Å². The molecule has 0 aliphatic carbocycles. The van der Waals surface area contributed by atoms with Gasteiger partial charge >= 0.3 is 0 Å². The van der Waals surface area contributed by atoms with Crippen molar-refractivity contribution in [3.05, 3.63) is 27.2 Å². The van der Waals surface area contributed by atoms with E-state index in [4.69, 9.17) is 0 Å². The van der Waals surface area contributed by atoms with Gasteiger partial charge in [0.25, 0.3) is 0 Å². The number of thiazole rings is 1. The smallest absolute Gasteiger partial charge is 0.0907 e. The summed E-state index contributed by atoms with van der Waals surface area (Å²) in [6.45, 7) is 8.39. The number of hydrogen-bond acceptors (Lipinski definition) is 2. The zero-order valence-electron chi connectivity index (χ0n) is 9.29. The van der Waals surface area contributed by atoms with Gasteiger partial charge in [0.1, 0.15) is 0 Å². The van der Waals surface area contributed by atoms with Crippen molar-refractivity contribution in [1.29, 1.82) is 0 Å². The van der Waals surface area contributed by atoms with Crippen LogP contribution in [0.3, 0.4) is 0 Å². The van der Waals surface area contributed by atoms with Crippen LogP contribution in [-0.4, -0.2) is 4.98 Å². The average molecular weight is 207 g/mol. The molecule has 0 amide bonds. The minimum atomic E-state index is 1.07. The number of allylic oxidation sites excluding steroid dienone is 2. The molecule has 14 heavy (non-hydrogen) atoms. The van der Waals surface area contributed by atoms with Gasteiger partial charge in [-0.05, 0) is 39.3 Å². The van der Waals surface area contributed by atoms with E-state index in [2.05, 4.69) is 50.9 Å². The van der Waals surface area contributed by atoms with Gasteiger partial charge in [-0.15, -0.1) is 11.3 Å². The molecule has 1 rings (SSSR count). The Morgan fingerprint density at radius 2 is 2.14 bits per heavy atom. The van der Waals surface area contributed by atoms with Gasteiger partial charge in [-0.2, -0.15) is 0 Å². The quantitative estimate of drug-likeness (QED) is 0.720. The maximum Gasteiger partial charge on any atom is 0.0907 e. The summed E-state index contributed by atoms with van der Waals surface area (Å²) in [5.41, 5.74) is 2.40. The SMILES string of the molecule is CC/C=C\c1sc(C)nc1C=C(C)C. The van der Waals surface area contributed by atoms with Gasteiger partial charge in [-0.25, -0.2) is 4.98 Å². The highest BCUT2D eigenvalue weighted by Crippen LogP contribution is 2.22. The number of rotatable bonds is 3. The molecule has 0 spiro atoms. The van der Waals surface area contributed by atoms with Crippen LogP contribution in [0.25, 0.3) is 12.2 Å². The van der Waals surface area contributed by atoms with Crippen molar-refractivity contribution in [2.45, 2.75) is 34.1 Å². The molecule has 0 N–H and O–H groups in total. The molecule has 76 valence electrons. The van der Waals surface area contributed by atoms with Crippen LogP contribution in [0.5, 0.6) is 0 Å². The summed E-state index contributed by atoms with van der Waals surface area (Å²) in [6, 6.07) is 0. The normalized spacial score (nSPS) is 10.9. The van der Waals surface area contributed by atoms with E-state index in [1.54, 1.807) is 11.3 Å². The Morgan fingerprint density at radius 3 is 2.71 bits per heavy atom. The standard InChI is InChI=1S/C12H17NS/c1-5-6-7-12-11(8-9(2)3)13-10(4)14-12/h6-8H,5H2,1-4H3/b7-6-. The summed E-state index contributed by atoms with van der Waals surface area (Å²) in [4.78, 5) is 5.76. The van der Waals surface area contributed by atoms with Crippen LogP contribution >= 0.6 is 11.3 Å². The molecule has 0 saturated carbocycles. The average Bonchev–Trinajstić information content (AvgIpc) is 2.41. The largest absolute Gasteiger partial charge is 0.242 e. The zero-order valence-corrected chi connectivity index (χ0v) is 10.1. The van der Waals surface area contributed by atoms with Gasteiger partial charge in [0.2, 0.25) is 0 Å².